The molecule has 0 unspecified atom stereocenters. The van der Waals surface area contributed by atoms with Crippen LogP contribution in [0.4, 0.5) is 5.69 Å². The second-order valence-electron chi connectivity index (χ2n) is 3.66. The first-order valence-electron chi connectivity index (χ1n) is 4.96. The van der Waals surface area contributed by atoms with Crippen molar-refractivity contribution < 1.29 is 9.90 Å². The molecular weight excluding hydrogens is 238 g/mol. The highest BCUT2D eigenvalue weighted by Gasteiger charge is 2.07. The van der Waals surface area contributed by atoms with Crippen LogP contribution in [0.15, 0.2) is 42.5 Å². The summed E-state index contributed by atoms with van der Waals surface area (Å²) in [4.78, 5) is 10.9. The van der Waals surface area contributed by atoms with Gasteiger partial charge in [-0.25, -0.2) is 4.79 Å². The fourth-order valence-corrected chi connectivity index (χ4v) is 1.80. The topological polar surface area (TPSA) is 63.3 Å². The molecule has 0 radical (unpaired) electrons. The van der Waals surface area contributed by atoms with Crippen LogP contribution in [0, 0.1) is 0 Å². The van der Waals surface area contributed by atoms with Crippen molar-refractivity contribution in [3.8, 4) is 11.1 Å². The molecule has 0 aliphatic rings. The number of hydrogen-bond donors (Lipinski definition) is 2. The molecule has 0 amide bonds. The number of benzene rings is 2. The van der Waals surface area contributed by atoms with Gasteiger partial charge < -0.3 is 10.8 Å². The molecule has 0 heterocycles. The van der Waals surface area contributed by atoms with Gasteiger partial charge >= 0.3 is 5.97 Å². The molecule has 0 saturated heterocycles. The van der Waals surface area contributed by atoms with E-state index in [9.17, 15) is 4.79 Å². The average Bonchev–Trinajstić information content (AvgIpc) is 2.28. The van der Waals surface area contributed by atoms with E-state index < -0.39 is 5.97 Å². The summed E-state index contributed by atoms with van der Waals surface area (Å²) >= 11 is 5.89. The molecule has 2 aromatic rings. The summed E-state index contributed by atoms with van der Waals surface area (Å²) in [5, 5.41) is 9.55. The largest absolute Gasteiger partial charge is 0.478 e. The van der Waals surface area contributed by atoms with E-state index >= 15 is 0 Å². The third-order valence-corrected chi connectivity index (χ3v) is 2.60. The first-order chi connectivity index (χ1) is 8.06. The second kappa shape index (κ2) is 4.47. The van der Waals surface area contributed by atoms with Gasteiger partial charge in [0.05, 0.1) is 5.56 Å². The van der Waals surface area contributed by atoms with E-state index in [0.717, 1.165) is 11.1 Å². The van der Waals surface area contributed by atoms with Gasteiger partial charge in [-0.2, -0.15) is 0 Å². The number of hydrogen-bond acceptors (Lipinski definition) is 2. The van der Waals surface area contributed by atoms with Gasteiger partial charge in [0.1, 0.15) is 0 Å². The summed E-state index contributed by atoms with van der Waals surface area (Å²) in [7, 11) is 0. The standard InChI is InChI=1S/C13H10ClNO2/c14-11-3-1-2-8(5-11)9-4-10(13(16)17)7-12(15)6-9/h1-7H,15H2,(H,16,17). The monoisotopic (exact) mass is 247 g/mol. The van der Waals surface area contributed by atoms with Gasteiger partial charge in [0, 0.05) is 10.7 Å². The first-order valence-corrected chi connectivity index (χ1v) is 5.34. The maximum atomic E-state index is 10.9. The quantitative estimate of drug-likeness (QED) is 0.801. The van der Waals surface area contributed by atoms with Crippen LogP contribution in [0.3, 0.4) is 0 Å². The Morgan fingerprint density at radius 1 is 1.12 bits per heavy atom. The lowest BCUT2D eigenvalue weighted by atomic mass is 10.0. The van der Waals surface area contributed by atoms with Crippen molar-refractivity contribution in [3.63, 3.8) is 0 Å². The fourth-order valence-electron chi connectivity index (χ4n) is 1.61. The van der Waals surface area contributed by atoms with Crippen LogP contribution in [0.5, 0.6) is 0 Å². The number of halogens is 1. The molecule has 3 N–H and O–H groups in total. The molecule has 0 saturated carbocycles. The van der Waals surface area contributed by atoms with E-state index in [1.165, 1.54) is 6.07 Å². The Labute approximate surface area is 103 Å². The normalized spacial score (nSPS) is 10.2. The molecule has 0 bridgehead atoms. The number of nitrogens with two attached hydrogens (primary N) is 1. The lowest BCUT2D eigenvalue weighted by Gasteiger charge is -2.05. The van der Waals surface area contributed by atoms with Crippen molar-refractivity contribution in [2.45, 2.75) is 0 Å². The first kappa shape index (κ1) is 11.5. The zero-order valence-electron chi connectivity index (χ0n) is 8.85. The van der Waals surface area contributed by atoms with Crippen LogP contribution in [-0.4, -0.2) is 11.1 Å². The number of carbonyl (C=O) groups is 1. The van der Waals surface area contributed by atoms with Crippen LogP contribution in [0.2, 0.25) is 5.02 Å². The highest BCUT2D eigenvalue weighted by molar-refractivity contribution is 6.30. The highest BCUT2D eigenvalue weighted by atomic mass is 35.5. The maximum Gasteiger partial charge on any atom is 0.335 e. The number of carboxylic acids is 1. The molecule has 86 valence electrons. The van der Waals surface area contributed by atoms with Gasteiger partial charge in [-0.05, 0) is 41.5 Å². The Hall–Kier alpha value is -2.00. The Morgan fingerprint density at radius 3 is 2.53 bits per heavy atom. The van der Waals surface area contributed by atoms with Crippen molar-refractivity contribution in [1.29, 1.82) is 0 Å². The van der Waals surface area contributed by atoms with E-state index in [2.05, 4.69) is 0 Å². The van der Waals surface area contributed by atoms with Crippen molar-refractivity contribution in [3.05, 3.63) is 53.1 Å². The molecular formula is C13H10ClNO2. The van der Waals surface area contributed by atoms with E-state index in [4.69, 9.17) is 22.4 Å². The molecule has 3 nitrogen and oxygen atoms in total. The van der Waals surface area contributed by atoms with Crippen molar-refractivity contribution in [2.75, 3.05) is 5.73 Å². The Kier molecular flexibility index (Phi) is 3.02. The summed E-state index contributed by atoms with van der Waals surface area (Å²) < 4.78 is 0. The summed E-state index contributed by atoms with van der Waals surface area (Å²) in [6, 6.07) is 11.9. The average molecular weight is 248 g/mol. The minimum absolute atomic E-state index is 0.167. The van der Waals surface area contributed by atoms with Gasteiger partial charge in [0.15, 0.2) is 0 Å². The predicted octanol–water partition coefficient (Wildman–Crippen LogP) is 3.29. The van der Waals surface area contributed by atoms with E-state index in [-0.39, 0.29) is 5.56 Å². The molecule has 0 atom stereocenters. The molecule has 0 aliphatic carbocycles. The van der Waals surface area contributed by atoms with Crippen LogP contribution in [0.1, 0.15) is 10.4 Å². The van der Waals surface area contributed by atoms with Crippen LogP contribution in [0.25, 0.3) is 11.1 Å². The van der Waals surface area contributed by atoms with E-state index in [1.807, 2.05) is 6.07 Å². The van der Waals surface area contributed by atoms with Crippen molar-refractivity contribution >= 4 is 23.3 Å². The van der Waals surface area contributed by atoms with Crippen molar-refractivity contribution in [2.24, 2.45) is 0 Å². The van der Waals surface area contributed by atoms with Gasteiger partial charge in [0.2, 0.25) is 0 Å². The minimum Gasteiger partial charge on any atom is -0.478 e. The number of aromatic carboxylic acids is 1. The third kappa shape index (κ3) is 2.57. The summed E-state index contributed by atoms with van der Waals surface area (Å²) in [5.74, 6) is -0.999. The molecule has 0 spiro atoms. The minimum atomic E-state index is -0.999. The summed E-state index contributed by atoms with van der Waals surface area (Å²) in [5.41, 5.74) is 7.84. The Morgan fingerprint density at radius 2 is 1.88 bits per heavy atom. The fraction of sp³-hybridized carbons (Fsp3) is 0. The van der Waals surface area contributed by atoms with Crippen LogP contribution >= 0.6 is 11.6 Å². The molecule has 4 heteroatoms. The lowest BCUT2D eigenvalue weighted by molar-refractivity contribution is 0.0697. The molecule has 0 aromatic heterocycles. The van der Waals surface area contributed by atoms with Gasteiger partial charge in [0.25, 0.3) is 0 Å². The molecule has 0 aliphatic heterocycles. The van der Waals surface area contributed by atoms with Gasteiger partial charge in [-0.3, -0.25) is 0 Å². The summed E-state index contributed by atoms with van der Waals surface area (Å²) in [6.45, 7) is 0. The zero-order chi connectivity index (χ0) is 12.4. The molecule has 2 rings (SSSR count). The second-order valence-corrected chi connectivity index (χ2v) is 4.10. The van der Waals surface area contributed by atoms with Crippen LogP contribution in [-0.2, 0) is 0 Å². The summed E-state index contributed by atoms with van der Waals surface area (Å²) in [6.07, 6.45) is 0. The Balaban J connectivity index is 2.56. The number of rotatable bonds is 2. The smallest absolute Gasteiger partial charge is 0.335 e. The predicted molar refractivity (Wildman–Crippen MR) is 68.3 cm³/mol. The van der Waals surface area contributed by atoms with Gasteiger partial charge in [-0.15, -0.1) is 0 Å². The number of carboxylic acid groups (broad SMARTS) is 1. The third-order valence-electron chi connectivity index (χ3n) is 2.36. The molecule has 17 heavy (non-hydrogen) atoms. The maximum absolute atomic E-state index is 10.9. The zero-order valence-corrected chi connectivity index (χ0v) is 9.61. The molecule has 0 fully saturated rings. The Bertz CT molecular complexity index is 581. The molecule has 2 aromatic carbocycles. The van der Waals surface area contributed by atoms with E-state index in [0.29, 0.717) is 10.7 Å². The number of anilines is 1. The SMILES string of the molecule is Nc1cc(C(=O)O)cc(-c2cccc(Cl)c2)c1. The van der Waals surface area contributed by atoms with Crippen LogP contribution < -0.4 is 5.73 Å². The lowest BCUT2D eigenvalue weighted by Crippen LogP contribution is -1.98. The number of nitrogen functional groups attached to an aromatic ring is 1. The highest BCUT2D eigenvalue weighted by Crippen LogP contribution is 2.25. The van der Waals surface area contributed by atoms with Gasteiger partial charge in [-0.1, -0.05) is 23.7 Å². The van der Waals surface area contributed by atoms with E-state index in [1.54, 1.807) is 30.3 Å². The van der Waals surface area contributed by atoms with Crippen molar-refractivity contribution in [1.82, 2.24) is 0 Å².